The van der Waals surface area contributed by atoms with Gasteiger partial charge in [-0.1, -0.05) is 96.1 Å². The monoisotopic (exact) mass is 676 g/mol. The lowest BCUT2D eigenvalue weighted by molar-refractivity contribution is 0.275. The summed E-state index contributed by atoms with van der Waals surface area (Å²) in [5, 5.41) is 0. The molecule has 48 heavy (non-hydrogen) atoms. The molecule has 0 bridgehead atoms. The number of fused-ring (bicyclic) bond motifs is 3. The van der Waals surface area contributed by atoms with E-state index in [1.54, 1.807) is 32.9 Å². The fraction of sp³-hybridized carbons (Fsp3) is 0.250. The van der Waals surface area contributed by atoms with Gasteiger partial charge in [0.1, 0.15) is 0 Å². The maximum atomic E-state index is 14.5. The number of benzene rings is 5. The topological polar surface area (TPSA) is 74.8 Å². The standard InChI is InChI=1S/C40H40N2O4S2/c1-27-15-19-33(20-16-27)47(43,44)41-25-37-35(23-39(41)31-11-7-5-8-12-31)29(3)30(4)36-24-40(32-13-9-6-10-14-32)42(26-38(36)37)48(45,46)34-21-17-28(2)18-22-34/h5-22,39-40H,23-26H2,1-4H3/t39-,40-/m0/s1. The summed E-state index contributed by atoms with van der Waals surface area (Å²) >= 11 is 0. The smallest absolute Gasteiger partial charge is 0.207 e. The molecular formula is C40H40N2O4S2. The van der Waals surface area contributed by atoms with E-state index in [4.69, 9.17) is 0 Å². The second kappa shape index (κ2) is 12.4. The van der Waals surface area contributed by atoms with Crippen LogP contribution in [0.5, 0.6) is 0 Å². The van der Waals surface area contributed by atoms with Crippen molar-refractivity contribution in [1.82, 2.24) is 8.61 Å². The van der Waals surface area contributed by atoms with Crippen LogP contribution in [0.25, 0.3) is 0 Å². The summed E-state index contributed by atoms with van der Waals surface area (Å²) in [5.74, 6) is 0. The van der Waals surface area contributed by atoms with E-state index >= 15 is 0 Å². The van der Waals surface area contributed by atoms with Gasteiger partial charge in [0, 0.05) is 13.1 Å². The zero-order chi connectivity index (χ0) is 33.8. The van der Waals surface area contributed by atoms with Crippen molar-refractivity contribution < 1.29 is 16.8 Å². The van der Waals surface area contributed by atoms with Crippen molar-refractivity contribution in [3.05, 3.63) is 165 Å². The molecule has 0 radical (unpaired) electrons. The Balaban J connectivity index is 1.41. The van der Waals surface area contributed by atoms with Crippen LogP contribution in [-0.4, -0.2) is 25.4 Å². The van der Waals surface area contributed by atoms with Crippen molar-refractivity contribution in [2.75, 3.05) is 0 Å². The van der Waals surface area contributed by atoms with Gasteiger partial charge in [-0.15, -0.1) is 0 Å². The fourth-order valence-corrected chi connectivity index (χ4v) is 10.6. The Morgan fingerprint density at radius 2 is 0.792 bits per heavy atom. The van der Waals surface area contributed by atoms with Gasteiger partial charge in [-0.2, -0.15) is 8.61 Å². The molecule has 246 valence electrons. The molecule has 0 aromatic heterocycles. The maximum Gasteiger partial charge on any atom is 0.243 e. The van der Waals surface area contributed by atoms with Gasteiger partial charge in [0.2, 0.25) is 20.0 Å². The van der Waals surface area contributed by atoms with E-state index in [9.17, 15) is 16.8 Å². The van der Waals surface area contributed by atoms with Gasteiger partial charge in [0.15, 0.2) is 0 Å². The molecule has 5 aromatic rings. The lowest BCUT2D eigenvalue weighted by atomic mass is 9.78. The minimum absolute atomic E-state index is 0.156. The van der Waals surface area contributed by atoms with E-state index < -0.39 is 32.1 Å². The molecule has 8 heteroatoms. The maximum absolute atomic E-state index is 14.5. The highest BCUT2D eigenvalue weighted by molar-refractivity contribution is 7.89. The predicted octanol–water partition coefficient (Wildman–Crippen LogP) is 7.90. The number of nitrogens with zero attached hydrogens (tertiary/aromatic N) is 2. The quantitative estimate of drug-likeness (QED) is 0.183. The Morgan fingerprint density at radius 1 is 0.458 bits per heavy atom. The number of rotatable bonds is 6. The lowest BCUT2D eigenvalue weighted by Crippen LogP contribution is -2.43. The van der Waals surface area contributed by atoms with Crippen LogP contribution in [0, 0.1) is 27.7 Å². The summed E-state index contributed by atoms with van der Waals surface area (Å²) in [7, 11) is -7.82. The molecule has 6 nitrogen and oxygen atoms in total. The summed E-state index contributed by atoms with van der Waals surface area (Å²) in [6, 6.07) is 32.9. The van der Waals surface area contributed by atoms with Gasteiger partial charge in [0.25, 0.3) is 0 Å². The molecule has 2 heterocycles. The van der Waals surface area contributed by atoms with E-state index in [1.165, 1.54) is 0 Å². The van der Waals surface area contributed by atoms with Crippen molar-refractivity contribution in [2.45, 2.75) is 75.5 Å². The van der Waals surface area contributed by atoms with Crippen LogP contribution in [0.3, 0.4) is 0 Å². The van der Waals surface area contributed by atoms with Crippen molar-refractivity contribution in [3.8, 4) is 0 Å². The summed E-state index contributed by atoms with van der Waals surface area (Å²) < 4.78 is 61.3. The second-order valence-corrected chi connectivity index (χ2v) is 16.9. The van der Waals surface area contributed by atoms with Crippen LogP contribution in [0.1, 0.15) is 67.7 Å². The molecule has 7 rings (SSSR count). The molecule has 0 spiro atoms. The molecule has 0 saturated carbocycles. The van der Waals surface area contributed by atoms with Crippen LogP contribution >= 0.6 is 0 Å². The van der Waals surface area contributed by atoms with Crippen LogP contribution in [0.2, 0.25) is 0 Å². The van der Waals surface area contributed by atoms with Crippen LogP contribution in [0.4, 0.5) is 0 Å². The van der Waals surface area contributed by atoms with Crippen molar-refractivity contribution in [3.63, 3.8) is 0 Å². The molecule has 5 aromatic carbocycles. The number of sulfonamides is 2. The van der Waals surface area contributed by atoms with E-state index in [1.807, 2.05) is 98.8 Å². The molecule has 0 aliphatic carbocycles. The first-order chi connectivity index (χ1) is 23.0. The Labute approximate surface area is 284 Å². The van der Waals surface area contributed by atoms with Gasteiger partial charge in [-0.25, -0.2) is 16.8 Å². The van der Waals surface area contributed by atoms with E-state index in [2.05, 4.69) is 13.8 Å². The molecule has 0 unspecified atom stereocenters. The SMILES string of the molecule is Cc1ccc(S(=O)(=O)N2Cc3c(c(C)c(C)c4c3CN(S(=O)(=O)c3ccc(C)cc3)[C@H](c3ccccc3)C4)C[C@H]2c2ccccc2)cc1. The molecule has 0 N–H and O–H groups in total. The third-order valence-electron chi connectivity index (χ3n) is 10.3. The first-order valence-electron chi connectivity index (χ1n) is 16.4. The first kappa shape index (κ1) is 32.5. The fourth-order valence-electron chi connectivity index (χ4n) is 7.44. The Bertz CT molecular complexity index is 2040. The summed E-state index contributed by atoms with van der Waals surface area (Å²) in [4.78, 5) is 0.505. The third-order valence-corrected chi connectivity index (χ3v) is 14.0. The number of hydrogen-bond donors (Lipinski definition) is 0. The van der Waals surface area contributed by atoms with Gasteiger partial charge in [-0.3, -0.25) is 0 Å². The van der Waals surface area contributed by atoms with Crippen LogP contribution in [0.15, 0.2) is 119 Å². The summed E-state index contributed by atoms with van der Waals surface area (Å²) in [6.45, 7) is 8.46. The number of hydrogen-bond acceptors (Lipinski definition) is 4. The van der Waals surface area contributed by atoms with Gasteiger partial charge in [-0.05, 0) is 109 Å². The van der Waals surface area contributed by atoms with Crippen molar-refractivity contribution in [2.24, 2.45) is 0 Å². The molecule has 2 aliphatic heterocycles. The molecule has 2 aliphatic rings. The minimum atomic E-state index is -3.91. The zero-order valence-corrected chi connectivity index (χ0v) is 29.4. The number of aryl methyl sites for hydroxylation is 2. The normalized spacial score (nSPS) is 18.7. The van der Waals surface area contributed by atoms with E-state index in [0.717, 1.165) is 55.6 Å². The average Bonchev–Trinajstić information content (AvgIpc) is 3.10. The third kappa shape index (κ3) is 5.60. The first-order valence-corrected chi connectivity index (χ1v) is 19.2. The summed E-state index contributed by atoms with van der Waals surface area (Å²) in [5.41, 5.74) is 10.2. The van der Waals surface area contributed by atoms with Gasteiger partial charge in [0.05, 0.1) is 21.9 Å². The molecular weight excluding hydrogens is 637 g/mol. The highest BCUT2D eigenvalue weighted by atomic mass is 32.2. The predicted molar refractivity (Wildman–Crippen MR) is 190 cm³/mol. The highest BCUT2D eigenvalue weighted by Gasteiger charge is 2.43. The van der Waals surface area contributed by atoms with Crippen LogP contribution in [-0.2, 0) is 46.0 Å². The van der Waals surface area contributed by atoms with E-state index in [-0.39, 0.29) is 22.9 Å². The summed E-state index contributed by atoms with van der Waals surface area (Å²) in [6.07, 6.45) is 0.994. The lowest BCUT2D eigenvalue weighted by Gasteiger charge is -2.43. The minimum Gasteiger partial charge on any atom is -0.207 e. The Kier molecular flexibility index (Phi) is 8.40. The van der Waals surface area contributed by atoms with Crippen LogP contribution < -0.4 is 0 Å². The zero-order valence-electron chi connectivity index (χ0n) is 27.7. The van der Waals surface area contributed by atoms with Gasteiger partial charge >= 0.3 is 0 Å². The van der Waals surface area contributed by atoms with Crippen molar-refractivity contribution >= 4 is 20.0 Å². The van der Waals surface area contributed by atoms with E-state index in [0.29, 0.717) is 12.8 Å². The second-order valence-electron chi connectivity index (χ2n) is 13.2. The molecule has 0 fully saturated rings. The molecule has 2 atom stereocenters. The molecule has 0 saturated heterocycles. The van der Waals surface area contributed by atoms with Crippen molar-refractivity contribution in [1.29, 1.82) is 0 Å². The molecule has 0 amide bonds. The van der Waals surface area contributed by atoms with Gasteiger partial charge < -0.3 is 0 Å². The largest absolute Gasteiger partial charge is 0.243 e. The Hall–Kier alpha value is -4.08. The highest BCUT2D eigenvalue weighted by Crippen LogP contribution is 2.46. The Morgan fingerprint density at radius 3 is 1.12 bits per heavy atom. The average molecular weight is 677 g/mol.